The second-order valence-electron chi connectivity index (χ2n) is 4.01. The van der Waals surface area contributed by atoms with Gasteiger partial charge in [0.2, 0.25) is 0 Å². The predicted molar refractivity (Wildman–Crippen MR) is 62.5 cm³/mol. The maximum atomic E-state index is 4.35. The molecule has 1 aliphatic carbocycles. The van der Waals surface area contributed by atoms with Crippen LogP contribution in [0.2, 0.25) is 0 Å². The molecular formula is C10H20S2. The van der Waals surface area contributed by atoms with Crippen molar-refractivity contribution >= 4 is 25.3 Å². The normalized spacial score (nSPS) is 22.5. The zero-order valence-corrected chi connectivity index (χ0v) is 9.55. The fraction of sp³-hybridized carbons (Fsp3) is 1.00. The van der Waals surface area contributed by atoms with Crippen LogP contribution in [0.5, 0.6) is 0 Å². The van der Waals surface area contributed by atoms with E-state index in [1.807, 2.05) is 0 Å². The van der Waals surface area contributed by atoms with E-state index in [9.17, 15) is 0 Å². The van der Waals surface area contributed by atoms with Gasteiger partial charge in [-0.1, -0.05) is 19.3 Å². The first-order valence-electron chi connectivity index (χ1n) is 5.05. The molecule has 72 valence electrons. The Balaban J connectivity index is 2.44. The van der Waals surface area contributed by atoms with E-state index in [1.165, 1.54) is 44.9 Å². The third-order valence-corrected chi connectivity index (χ3v) is 3.65. The smallest absolute Gasteiger partial charge is 0.00926 e. The van der Waals surface area contributed by atoms with Gasteiger partial charge in [-0.25, -0.2) is 0 Å². The van der Waals surface area contributed by atoms with Gasteiger partial charge in [0.15, 0.2) is 0 Å². The van der Waals surface area contributed by atoms with Gasteiger partial charge in [0.1, 0.15) is 0 Å². The number of rotatable bonds is 4. The van der Waals surface area contributed by atoms with Crippen LogP contribution in [0.4, 0.5) is 0 Å². The van der Waals surface area contributed by atoms with Crippen molar-refractivity contribution in [2.75, 3.05) is 11.5 Å². The predicted octanol–water partition coefficient (Wildman–Crippen LogP) is 3.58. The van der Waals surface area contributed by atoms with Crippen molar-refractivity contribution in [1.82, 2.24) is 0 Å². The van der Waals surface area contributed by atoms with E-state index < -0.39 is 0 Å². The third kappa shape index (κ3) is 2.88. The van der Waals surface area contributed by atoms with Gasteiger partial charge in [-0.3, -0.25) is 0 Å². The highest BCUT2D eigenvalue weighted by molar-refractivity contribution is 7.80. The Morgan fingerprint density at radius 3 is 1.75 bits per heavy atom. The highest BCUT2D eigenvalue weighted by Gasteiger charge is 2.29. The summed E-state index contributed by atoms with van der Waals surface area (Å²) in [6.07, 6.45) is 9.76. The summed E-state index contributed by atoms with van der Waals surface area (Å²) in [7, 11) is 0. The van der Waals surface area contributed by atoms with Crippen LogP contribution in [0.25, 0.3) is 0 Å². The lowest BCUT2D eigenvalue weighted by Crippen LogP contribution is -2.25. The number of thiol groups is 2. The molecule has 0 saturated heterocycles. The standard InChI is InChI=1S/C10H20S2/c11-8-6-10(7-9-12)4-2-1-3-5-10/h11-12H,1-9H2. The van der Waals surface area contributed by atoms with Crippen molar-refractivity contribution in [1.29, 1.82) is 0 Å². The average Bonchev–Trinajstić information content (AvgIpc) is 2.07. The summed E-state index contributed by atoms with van der Waals surface area (Å²) < 4.78 is 0. The SMILES string of the molecule is SCCC1(CCS)CCCCC1. The minimum atomic E-state index is 0.627. The van der Waals surface area contributed by atoms with Crippen LogP contribution < -0.4 is 0 Å². The molecule has 0 amide bonds. The Morgan fingerprint density at radius 2 is 1.33 bits per heavy atom. The minimum Gasteiger partial charge on any atom is -0.179 e. The Labute approximate surface area is 87.3 Å². The first kappa shape index (κ1) is 10.8. The number of hydrogen-bond acceptors (Lipinski definition) is 2. The van der Waals surface area contributed by atoms with Crippen LogP contribution in [0, 0.1) is 5.41 Å². The Hall–Kier alpha value is 0.700. The van der Waals surface area contributed by atoms with E-state index in [1.54, 1.807) is 0 Å². The van der Waals surface area contributed by atoms with Gasteiger partial charge in [-0.2, -0.15) is 25.3 Å². The molecule has 0 N–H and O–H groups in total. The zero-order valence-electron chi connectivity index (χ0n) is 7.76. The summed E-state index contributed by atoms with van der Waals surface area (Å²) in [5, 5.41) is 0. The van der Waals surface area contributed by atoms with Gasteiger partial charge >= 0.3 is 0 Å². The molecule has 1 rings (SSSR count). The second kappa shape index (κ2) is 5.43. The quantitative estimate of drug-likeness (QED) is 0.643. The lowest BCUT2D eigenvalue weighted by atomic mass is 9.70. The monoisotopic (exact) mass is 204 g/mol. The van der Waals surface area contributed by atoms with E-state index in [2.05, 4.69) is 25.3 Å². The van der Waals surface area contributed by atoms with E-state index in [4.69, 9.17) is 0 Å². The van der Waals surface area contributed by atoms with Crippen LogP contribution in [-0.4, -0.2) is 11.5 Å². The van der Waals surface area contributed by atoms with Gasteiger partial charge in [0, 0.05) is 0 Å². The maximum Gasteiger partial charge on any atom is -0.00926 e. The highest BCUT2D eigenvalue weighted by Crippen LogP contribution is 2.42. The second-order valence-corrected chi connectivity index (χ2v) is 4.90. The molecule has 0 aromatic carbocycles. The molecule has 0 nitrogen and oxygen atoms in total. The van der Waals surface area contributed by atoms with Crippen LogP contribution in [0.3, 0.4) is 0 Å². The lowest BCUT2D eigenvalue weighted by molar-refractivity contribution is 0.177. The molecule has 0 aromatic rings. The van der Waals surface area contributed by atoms with Gasteiger partial charge < -0.3 is 0 Å². The Morgan fingerprint density at radius 1 is 0.833 bits per heavy atom. The van der Waals surface area contributed by atoms with Crippen molar-refractivity contribution in [3.05, 3.63) is 0 Å². The van der Waals surface area contributed by atoms with Gasteiger partial charge in [0.25, 0.3) is 0 Å². The van der Waals surface area contributed by atoms with Gasteiger partial charge in [-0.05, 0) is 42.6 Å². The van der Waals surface area contributed by atoms with E-state index in [-0.39, 0.29) is 0 Å². The van der Waals surface area contributed by atoms with Gasteiger partial charge in [0.05, 0.1) is 0 Å². The van der Waals surface area contributed by atoms with E-state index >= 15 is 0 Å². The fourth-order valence-electron chi connectivity index (χ4n) is 2.40. The van der Waals surface area contributed by atoms with Crippen LogP contribution in [-0.2, 0) is 0 Å². The molecule has 0 heterocycles. The van der Waals surface area contributed by atoms with Crippen molar-refractivity contribution < 1.29 is 0 Å². The molecule has 12 heavy (non-hydrogen) atoms. The average molecular weight is 204 g/mol. The van der Waals surface area contributed by atoms with Crippen LogP contribution in [0.1, 0.15) is 44.9 Å². The molecule has 0 bridgehead atoms. The zero-order chi connectivity index (χ0) is 8.86. The molecule has 2 heteroatoms. The largest absolute Gasteiger partial charge is 0.179 e. The summed E-state index contributed by atoms with van der Waals surface area (Å²) in [5.74, 6) is 2.10. The molecule has 1 fully saturated rings. The van der Waals surface area contributed by atoms with E-state index in [0.717, 1.165) is 11.5 Å². The summed E-state index contributed by atoms with van der Waals surface area (Å²) in [4.78, 5) is 0. The molecule has 0 spiro atoms. The Kier molecular flexibility index (Phi) is 4.88. The minimum absolute atomic E-state index is 0.627. The maximum absolute atomic E-state index is 4.35. The van der Waals surface area contributed by atoms with Crippen molar-refractivity contribution in [2.24, 2.45) is 5.41 Å². The number of hydrogen-bond donors (Lipinski definition) is 2. The molecular weight excluding hydrogens is 184 g/mol. The molecule has 0 atom stereocenters. The first-order valence-corrected chi connectivity index (χ1v) is 6.31. The summed E-state index contributed by atoms with van der Waals surface area (Å²) in [6, 6.07) is 0. The molecule has 0 aromatic heterocycles. The van der Waals surface area contributed by atoms with E-state index in [0.29, 0.717) is 5.41 Å². The highest BCUT2D eigenvalue weighted by atomic mass is 32.1. The van der Waals surface area contributed by atoms with Gasteiger partial charge in [-0.15, -0.1) is 0 Å². The fourth-order valence-corrected chi connectivity index (χ4v) is 3.35. The third-order valence-electron chi connectivity index (χ3n) is 3.20. The molecule has 1 aliphatic rings. The van der Waals surface area contributed by atoms with Crippen molar-refractivity contribution in [2.45, 2.75) is 44.9 Å². The summed E-state index contributed by atoms with van der Waals surface area (Å²) >= 11 is 8.71. The van der Waals surface area contributed by atoms with Crippen molar-refractivity contribution in [3.63, 3.8) is 0 Å². The Bertz CT molecular complexity index is 101. The molecule has 0 aliphatic heterocycles. The summed E-state index contributed by atoms with van der Waals surface area (Å²) in [6.45, 7) is 0. The summed E-state index contributed by atoms with van der Waals surface area (Å²) in [5.41, 5.74) is 0.627. The van der Waals surface area contributed by atoms with Crippen LogP contribution >= 0.6 is 25.3 Å². The topological polar surface area (TPSA) is 0 Å². The lowest BCUT2D eigenvalue weighted by Gasteiger charge is -2.36. The first-order chi connectivity index (χ1) is 5.83. The van der Waals surface area contributed by atoms with Crippen molar-refractivity contribution in [3.8, 4) is 0 Å². The molecule has 0 unspecified atom stereocenters. The molecule has 0 radical (unpaired) electrons. The molecule has 1 saturated carbocycles. The van der Waals surface area contributed by atoms with Crippen LogP contribution in [0.15, 0.2) is 0 Å².